The Morgan fingerprint density at radius 1 is 1.26 bits per heavy atom. The van der Waals surface area contributed by atoms with Crippen molar-refractivity contribution in [2.75, 3.05) is 11.9 Å². The third kappa shape index (κ3) is 6.64. The number of amides is 1. The Balaban J connectivity index is 2.44. The van der Waals surface area contributed by atoms with Crippen LogP contribution in [0.5, 0.6) is 0 Å². The summed E-state index contributed by atoms with van der Waals surface area (Å²) in [7, 11) is 0. The SMILES string of the molecule is CCCCCC(=O)Nc1ccc(C#CCCO)cc1. The molecule has 0 aliphatic rings. The molecule has 0 saturated heterocycles. The Morgan fingerprint density at radius 2 is 2.00 bits per heavy atom. The molecule has 0 atom stereocenters. The predicted octanol–water partition coefficient (Wildman–Crippen LogP) is 2.94. The third-order valence-electron chi connectivity index (χ3n) is 2.65. The van der Waals surface area contributed by atoms with Gasteiger partial charge in [0.25, 0.3) is 0 Å². The Kier molecular flexibility index (Phi) is 7.38. The van der Waals surface area contributed by atoms with Crippen LogP contribution in [0.3, 0.4) is 0 Å². The summed E-state index contributed by atoms with van der Waals surface area (Å²) in [5.41, 5.74) is 1.69. The van der Waals surface area contributed by atoms with Crippen LogP contribution >= 0.6 is 0 Å². The largest absolute Gasteiger partial charge is 0.395 e. The lowest BCUT2D eigenvalue weighted by molar-refractivity contribution is -0.116. The van der Waals surface area contributed by atoms with Crippen molar-refractivity contribution in [3.8, 4) is 11.8 Å². The number of nitrogens with one attached hydrogen (secondary N) is 1. The first kappa shape index (κ1) is 15.3. The molecule has 0 heterocycles. The van der Waals surface area contributed by atoms with Gasteiger partial charge in [0, 0.05) is 24.1 Å². The third-order valence-corrected chi connectivity index (χ3v) is 2.65. The molecule has 0 radical (unpaired) electrons. The van der Waals surface area contributed by atoms with Crippen molar-refractivity contribution in [3.05, 3.63) is 29.8 Å². The molecule has 3 heteroatoms. The molecule has 0 bridgehead atoms. The first-order valence-electron chi connectivity index (χ1n) is 6.76. The summed E-state index contributed by atoms with van der Waals surface area (Å²) < 4.78 is 0. The fourth-order valence-electron chi connectivity index (χ4n) is 1.62. The molecule has 0 spiro atoms. The summed E-state index contributed by atoms with van der Waals surface area (Å²) in [6.07, 6.45) is 4.20. The van der Waals surface area contributed by atoms with Crippen LogP contribution in [0.4, 0.5) is 5.69 Å². The Hall–Kier alpha value is -1.79. The van der Waals surface area contributed by atoms with E-state index in [0.717, 1.165) is 30.5 Å². The summed E-state index contributed by atoms with van der Waals surface area (Å²) in [4.78, 5) is 11.6. The smallest absolute Gasteiger partial charge is 0.224 e. The van der Waals surface area contributed by atoms with Gasteiger partial charge in [-0.15, -0.1) is 0 Å². The van der Waals surface area contributed by atoms with E-state index in [4.69, 9.17) is 5.11 Å². The van der Waals surface area contributed by atoms with Crippen LogP contribution in [0.15, 0.2) is 24.3 Å². The first-order valence-corrected chi connectivity index (χ1v) is 6.76. The van der Waals surface area contributed by atoms with Crippen LogP contribution in [-0.4, -0.2) is 17.6 Å². The molecular formula is C16H21NO2. The molecule has 0 saturated carbocycles. The molecule has 1 aromatic rings. The Morgan fingerprint density at radius 3 is 2.63 bits per heavy atom. The summed E-state index contributed by atoms with van der Waals surface area (Å²) in [5, 5.41) is 11.5. The normalized spacial score (nSPS) is 9.58. The molecule has 1 amide bonds. The topological polar surface area (TPSA) is 49.3 Å². The van der Waals surface area contributed by atoms with E-state index in [0.29, 0.717) is 12.8 Å². The van der Waals surface area contributed by atoms with Crippen LogP contribution in [0.2, 0.25) is 0 Å². The van der Waals surface area contributed by atoms with Crippen molar-refractivity contribution >= 4 is 11.6 Å². The van der Waals surface area contributed by atoms with E-state index in [1.54, 1.807) is 0 Å². The number of carbonyl (C=O) groups is 1. The highest BCUT2D eigenvalue weighted by molar-refractivity contribution is 5.90. The number of hydrogen-bond donors (Lipinski definition) is 2. The minimum Gasteiger partial charge on any atom is -0.395 e. The molecule has 1 rings (SSSR count). The maximum absolute atomic E-state index is 11.6. The molecule has 0 aliphatic carbocycles. The van der Waals surface area contributed by atoms with Gasteiger partial charge >= 0.3 is 0 Å². The van der Waals surface area contributed by atoms with E-state index in [1.807, 2.05) is 24.3 Å². The van der Waals surface area contributed by atoms with E-state index in [2.05, 4.69) is 24.1 Å². The number of unbranched alkanes of at least 4 members (excludes halogenated alkanes) is 2. The maximum Gasteiger partial charge on any atom is 0.224 e. The van der Waals surface area contributed by atoms with E-state index < -0.39 is 0 Å². The van der Waals surface area contributed by atoms with Crippen LogP contribution < -0.4 is 5.32 Å². The highest BCUT2D eigenvalue weighted by Crippen LogP contribution is 2.10. The van der Waals surface area contributed by atoms with Gasteiger partial charge in [0.1, 0.15) is 0 Å². The monoisotopic (exact) mass is 259 g/mol. The highest BCUT2D eigenvalue weighted by Gasteiger charge is 2.01. The molecule has 3 nitrogen and oxygen atoms in total. The fraction of sp³-hybridized carbons (Fsp3) is 0.438. The minimum atomic E-state index is 0.0626. The number of benzene rings is 1. The van der Waals surface area contributed by atoms with Gasteiger partial charge in [-0.1, -0.05) is 31.6 Å². The number of anilines is 1. The zero-order chi connectivity index (χ0) is 13.9. The second-order valence-electron chi connectivity index (χ2n) is 4.36. The van der Waals surface area contributed by atoms with Crippen molar-refractivity contribution in [2.45, 2.75) is 39.0 Å². The van der Waals surface area contributed by atoms with Gasteiger partial charge in [-0.2, -0.15) is 0 Å². The minimum absolute atomic E-state index is 0.0626. The first-order chi connectivity index (χ1) is 9.26. The quantitative estimate of drug-likeness (QED) is 0.609. The van der Waals surface area contributed by atoms with Gasteiger partial charge in [-0.3, -0.25) is 4.79 Å². The maximum atomic E-state index is 11.6. The summed E-state index contributed by atoms with van der Waals surface area (Å²) in [5.74, 6) is 5.87. The molecule has 0 unspecified atom stereocenters. The number of aliphatic hydroxyl groups is 1. The molecule has 19 heavy (non-hydrogen) atoms. The van der Waals surface area contributed by atoms with Gasteiger partial charge in [0.15, 0.2) is 0 Å². The van der Waals surface area contributed by atoms with Gasteiger partial charge in [-0.25, -0.2) is 0 Å². The van der Waals surface area contributed by atoms with Gasteiger partial charge in [0.05, 0.1) is 6.61 Å². The molecule has 1 aromatic carbocycles. The van der Waals surface area contributed by atoms with Crippen molar-refractivity contribution in [3.63, 3.8) is 0 Å². The van der Waals surface area contributed by atoms with Crippen molar-refractivity contribution in [1.29, 1.82) is 0 Å². The van der Waals surface area contributed by atoms with Crippen molar-refractivity contribution < 1.29 is 9.90 Å². The summed E-state index contributed by atoms with van der Waals surface area (Å²) in [6, 6.07) is 7.43. The Labute approximate surface area is 115 Å². The molecule has 0 aliphatic heterocycles. The highest BCUT2D eigenvalue weighted by atomic mass is 16.2. The Bertz CT molecular complexity index is 440. The number of hydrogen-bond acceptors (Lipinski definition) is 2. The van der Waals surface area contributed by atoms with Gasteiger partial charge < -0.3 is 10.4 Å². The van der Waals surface area contributed by atoms with E-state index in [-0.39, 0.29) is 12.5 Å². The van der Waals surface area contributed by atoms with Crippen LogP contribution in [0.25, 0.3) is 0 Å². The second kappa shape index (κ2) is 9.18. The zero-order valence-electron chi connectivity index (χ0n) is 11.4. The van der Waals surface area contributed by atoms with E-state index in [9.17, 15) is 4.79 Å². The van der Waals surface area contributed by atoms with Gasteiger partial charge in [0.2, 0.25) is 5.91 Å². The van der Waals surface area contributed by atoms with Crippen LogP contribution in [0.1, 0.15) is 44.6 Å². The van der Waals surface area contributed by atoms with E-state index in [1.165, 1.54) is 0 Å². The number of carbonyl (C=O) groups excluding carboxylic acids is 1. The second-order valence-corrected chi connectivity index (χ2v) is 4.36. The molecule has 0 aromatic heterocycles. The lowest BCUT2D eigenvalue weighted by Crippen LogP contribution is -2.10. The molecule has 0 fully saturated rings. The fourth-order valence-corrected chi connectivity index (χ4v) is 1.62. The summed E-state index contributed by atoms with van der Waals surface area (Å²) >= 11 is 0. The van der Waals surface area contributed by atoms with Crippen LogP contribution in [-0.2, 0) is 4.79 Å². The summed E-state index contributed by atoms with van der Waals surface area (Å²) in [6.45, 7) is 2.20. The van der Waals surface area contributed by atoms with Crippen molar-refractivity contribution in [1.82, 2.24) is 0 Å². The number of aliphatic hydroxyl groups excluding tert-OH is 1. The zero-order valence-corrected chi connectivity index (χ0v) is 11.4. The molecule has 2 N–H and O–H groups in total. The average molecular weight is 259 g/mol. The lowest BCUT2D eigenvalue weighted by atomic mass is 10.2. The lowest BCUT2D eigenvalue weighted by Gasteiger charge is -2.04. The van der Waals surface area contributed by atoms with Crippen molar-refractivity contribution in [2.24, 2.45) is 0 Å². The average Bonchev–Trinajstić information content (AvgIpc) is 2.41. The van der Waals surface area contributed by atoms with Gasteiger partial charge in [-0.05, 0) is 30.7 Å². The predicted molar refractivity (Wildman–Crippen MR) is 77.8 cm³/mol. The molecular weight excluding hydrogens is 238 g/mol. The molecule has 102 valence electrons. The van der Waals surface area contributed by atoms with E-state index >= 15 is 0 Å². The standard InChI is InChI=1S/C16H21NO2/c1-2-3-4-8-16(19)17-15-11-9-14(10-12-15)7-5-6-13-18/h9-12,18H,2-4,6,8,13H2,1H3,(H,17,19). The van der Waals surface area contributed by atoms with Crippen LogP contribution in [0, 0.1) is 11.8 Å². The number of rotatable bonds is 6.